The smallest absolute Gasteiger partial charge is 0.231 e. The predicted molar refractivity (Wildman–Crippen MR) is 71.8 cm³/mol. The summed E-state index contributed by atoms with van der Waals surface area (Å²) in [6.07, 6.45) is 1.12. The van der Waals surface area contributed by atoms with Crippen LogP contribution in [0, 0.1) is 0 Å². The lowest BCUT2D eigenvalue weighted by molar-refractivity contribution is -0.117. The summed E-state index contributed by atoms with van der Waals surface area (Å²) in [5, 5.41) is 12.3. The molecule has 4 nitrogen and oxygen atoms in total. The van der Waals surface area contributed by atoms with Crippen LogP contribution in [0.5, 0.6) is 0 Å². The Morgan fingerprint density at radius 2 is 2.28 bits per heavy atom. The van der Waals surface area contributed by atoms with Gasteiger partial charge in [-0.3, -0.25) is 4.79 Å². The molecular weight excluding hydrogens is 228 g/mol. The molecule has 0 saturated heterocycles. The van der Waals surface area contributed by atoms with Crippen LogP contribution in [0.25, 0.3) is 0 Å². The average molecular weight is 248 g/mol. The zero-order valence-electron chi connectivity index (χ0n) is 10.9. The van der Waals surface area contributed by atoms with Crippen LogP contribution in [-0.4, -0.2) is 37.3 Å². The first kappa shape index (κ1) is 13.1. The van der Waals surface area contributed by atoms with Crippen molar-refractivity contribution in [3.05, 3.63) is 29.3 Å². The highest BCUT2D eigenvalue weighted by Crippen LogP contribution is 2.28. The van der Waals surface area contributed by atoms with E-state index in [4.69, 9.17) is 5.11 Å². The summed E-state index contributed by atoms with van der Waals surface area (Å²) in [5.41, 5.74) is 3.38. The molecule has 0 radical (unpaired) electrons. The van der Waals surface area contributed by atoms with E-state index in [9.17, 15) is 4.79 Å². The average Bonchev–Trinajstić information content (AvgIpc) is 2.60. The summed E-state index contributed by atoms with van der Waals surface area (Å²) in [6, 6.07) is 6.20. The maximum absolute atomic E-state index is 11.6. The molecule has 1 aromatic rings. The summed E-state index contributed by atoms with van der Waals surface area (Å²) < 4.78 is 0. The first-order valence-corrected chi connectivity index (χ1v) is 6.35. The topological polar surface area (TPSA) is 52.6 Å². The molecule has 0 bridgehead atoms. The van der Waals surface area contributed by atoms with Gasteiger partial charge in [0.25, 0.3) is 0 Å². The van der Waals surface area contributed by atoms with Crippen LogP contribution in [-0.2, 0) is 17.6 Å². The number of rotatable bonds is 5. The minimum absolute atomic E-state index is 0.161. The Balaban J connectivity index is 1.92. The highest BCUT2D eigenvalue weighted by molar-refractivity contribution is 6.00. The Labute approximate surface area is 108 Å². The van der Waals surface area contributed by atoms with Crippen LogP contribution in [0.3, 0.4) is 0 Å². The zero-order chi connectivity index (χ0) is 13.1. The largest absolute Gasteiger partial charge is 0.392 e. The third kappa shape index (κ3) is 2.89. The standard InChI is InChI=1S/C14H20N2O2/c1-10(17)9-15-6-5-11-3-4-13-12(7-11)8-14(18)16(13)2/h3-4,7,10,15,17H,5-6,8-9H2,1-2H3. The maximum Gasteiger partial charge on any atom is 0.231 e. The number of carbonyl (C=O) groups excluding carboxylic acids is 1. The van der Waals surface area contributed by atoms with Gasteiger partial charge in [-0.1, -0.05) is 12.1 Å². The van der Waals surface area contributed by atoms with Gasteiger partial charge in [0, 0.05) is 19.3 Å². The Kier molecular flexibility index (Phi) is 3.99. The molecule has 0 spiro atoms. The maximum atomic E-state index is 11.6. The number of hydrogen-bond donors (Lipinski definition) is 2. The highest BCUT2D eigenvalue weighted by Gasteiger charge is 2.23. The van der Waals surface area contributed by atoms with Crippen LogP contribution in [0.1, 0.15) is 18.1 Å². The second-order valence-electron chi connectivity index (χ2n) is 4.90. The van der Waals surface area contributed by atoms with Crippen LogP contribution in [0.4, 0.5) is 5.69 Å². The van der Waals surface area contributed by atoms with Crippen molar-refractivity contribution >= 4 is 11.6 Å². The summed E-state index contributed by atoms with van der Waals surface area (Å²) in [4.78, 5) is 13.3. The van der Waals surface area contributed by atoms with E-state index >= 15 is 0 Å². The molecule has 0 saturated carbocycles. The molecule has 1 atom stereocenters. The first-order chi connectivity index (χ1) is 8.58. The summed E-state index contributed by atoms with van der Waals surface area (Å²) in [7, 11) is 1.82. The number of hydrogen-bond acceptors (Lipinski definition) is 3. The van der Waals surface area contributed by atoms with Crippen molar-refractivity contribution in [2.75, 3.05) is 25.0 Å². The van der Waals surface area contributed by atoms with Gasteiger partial charge in [0.1, 0.15) is 0 Å². The Morgan fingerprint density at radius 3 is 3.00 bits per heavy atom. The van der Waals surface area contributed by atoms with Gasteiger partial charge in [-0.15, -0.1) is 0 Å². The van der Waals surface area contributed by atoms with E-state index < -0.39 is 0 Å². The van der Waals surface area contributed by atoms with Crippen LogP contribution in [0.2, 0.25) is 0 Å². The van der Waals surface area contributed by atoms with Crippen molar-refractivity contribution in [1.29, 1.82) is 0 Å². The van der Waals surface area contributed by atoms with Crippen molar-refractivity contribution in [2.24, 2.45) is 0 Å². The van der Waals surface area contributed by atoms with E-state index in [1.54, 1.807) is 11.8 Å². The van der Waals surface area contributed by atoms with E-state index in [-0.39, 0.29) is 12.0 Å². The number of benzene rings is 1. The molecule has 4 heteroatoms. The third-order valence-electron chi connectivity index (χ3n) is 3.25. The monoisotopic (exact) mass is 248 g/mol. The number of nitrogens with zero attached hydrogens (tertiary/aromatic N) is 1. The van der Waals surface area contributed by atoms with Gasteiger partial charge in [0.2, 0.25) is 5.91 Å². The second kappa shape index (κ2) is 5.50. The van der Waals surface area contributed by atoms with Crippen molar-refractivity contribution in [3.8, 4) is 0 Å². The van der Waals surface area contributed by atoms with E-state index in [0.29, 0.717) is 13.0 Å². The SMILES string of the molecule is CC(O)CNCCc1ccc2c(c1)CC(=O)N2C. The van der Waals surface area contributed by atoms with Gasteiger partial charge in [0.05, 0.1) is 12.5 Å². The molecule has 98 valence electrons. The molecule has 18 heavy (non-hydrogen) atoms. The van der Waals surface area contributed by atoms with Crippen LogP contribution < -0.4 is 10.2 Å². The highest BCUT2D eigenvalue weighted by atomic mass is 16.3. The predicted octanol–water partition coefficient (Wildman–Crippen LogP) is 0.718. The van der Waals surface area contributed by atoms with Crippen molar-refractivity contribution in [3.63, 3.8) is 0 Å². The molecule has 2 rings (SSSR count). The van der Waals surface area contributed by atoms with Gasteiger partial charge in [-0.2, -0.15) is 0 Å². The fourth-order valence-electron chi connectivity index (χ4n) is 2.22. The number of aliphatic hydroxyl groups excluding tert-OH is 1. The summed E-state index contributed by atoms with van der Waals surface area (Å²) >= 11 is 0. The molecular formula is C14H20N2O2. The second-order valence-corrected chi connectivity index (χ2v) is 4.90. The minimum Gasteiger partial charge on any atom is -0.392 e. The number of fused-ring (bicyclic) bond motifs is 1. The van der Waals surface area contributed by atoms with Gasteiger partial charge >= 0.3 is 0 Å². The van der Waals surface area contributed by atoms with Gasteiger partial charge in [0.15, 0.2) is 0 Å². The molecule has 1 heterocycles. The van der Waals surface area contributed by atoms with Gasteiger partial charge in [-0.25, -0.2) is 0 Å². The van der Waals surface area contributed by atoms with Crippen molar-refractivity contribution in [2.45, 2.75) is 25.9 Å². The van der Waals surface area contributed by atoms with E-state index in [2.05, 4.69) is 17.4 Å². The third-order valence-corrected chi connectivity index (χ3v) is 3.25. The number of anilines is 1. The van der Waals surface area contributed by atoms with E-state index in [1.165, 1.54) is 5.56 Å². The van der Waals surface area contributed by atoms with Crippen LogP contribution in [0.15, 0.2) is 18.2 Å². The van der Waals surface area contributed by atoms with Crippen molar-refractivity contribution in [1.82, 2.24) is 5.32 Å². The Hall–Kier alpha value is -1.39. The number of likely N-dealkylation sites (N-methyl/N-ethyl adjacent to an activating group) is 1. The normalized spacial score (nSPS) is 15.9. The molecule has 1 amide bonds. The van der Waals surface area contributed by atoms with E-state index in [1.807, 2.05) is 13.1 Å². The lowest BCUT2D eigenvalue weighted by atomic mass is 10.1. The molecule has 0 fully saturated rings. The molecule has 1 aliphatic rings. The number of nitrogens with one attached hydrogen (secondary N) is 1. The fraction of sp³-hybridized carbons (Fsp3) is 0.500. The van der Waals surface area contributed by atoms with Crippen LogP contribution >= 0.6 is 0 Å². The quantitative estimate of drug-likeness (QED) is 0.755. The van der Waals surface area contributed by atoms with Gasteiger partial charge < -0.3 is 15.3 Å². The minimum atomic E-state index is -0.309. The first-order valence-electron chi connectivity index (χ1n) is 6.35. The molecule has 1 aromatic carbocycles. The number of carbonyl (C=O) groups is 1. The van der Waals surface area contributed by atoms with E-state index in [0.717, 1.165) is 24.2 Å². The van der Waals surface area contributed by atoms with Crippen molar-refractivity contribution < 1.29 is 9.90 Å². The lowest BCUT2D eigenvalue weighted by Gasteiger charge is -2.11. The Morgan fingerprint density at radius 1 is 1.50 bits per heavy atom. The van der Waals surface area contributed by atoms with Gasteiger partial charge in [-0.05, 0) is 37.1 Å². The fourth-order valence-corrected chi connectivity index (χ4v) is 2.22. The number of amides is 1. The molecule has 1 aliphatic heterocycles. The molecule has 0 aliphatic carbocycles. The zero-order valence-corrected chi connectivity index (χ0v) is 10.9. The summed E-state index contributed by atoms with van der Waals surface area (Å²) in [6.45, 7) is 3.23. The number of aliphatic hydroxyl groups is 1. The molecule has 2 N–H and O–H groups in total. The lowest BCUT2D eigenvalue weighted by Crippen LogP contribution is -2.26. The molecule has 0 aromatic heterocycles. The molecule has 1 unspecified atom stereocenters. The summed E-state index contributed by atoms with van der Waals surface area (Å²) in [5.74, 6) is 0.161. The Bertz CT molecular complexity index is 443.